The number of hydrogen-bond donors (Lipinski definition) is 1. The van der Waals surface area contributed by atoms with Gasteiger partial charge >= 0.3 is 17.9 Å². The van der Waals surface area contributed by atoms with E-state index in [0.717, 1.165) is 83.7 Å². The summed E-state index contributed by atoms with van der Waals surface area (Å²) in [7, 11) is 6.04. The van der Waals surface area contributed by atoms with E-state index in [1.807, 2.05) is 21.1 Å². The van der Waals surface area contributed by atoms with E-state index in [2.05, 4.69) is 67.1 Å². The molecule has 0 aliphatic rings. The Morgan fingerprint density at radius 1 is 0.405 bits per heavy atom. The van der Waals surface area contributed by atoms with E-state index in [9.17, 15) is 19.2 Å². The van der Waals surface area contributed by atoms with Crippen LogP contribution in [0.1, 0.15) is 297 Å². The summed E-state index contributed by atoms with van der Waals surface area (Å²) in [6, 6.07) is -1.04. The van der Waals surface area contributed by atoms with Crippen LogP contribution < -0.4 is 5.32 Å². The summed E-state index contributed by atoms with van der Waals surface area (Å²) in [4.78, 5) is 58.2. The highest BCUT2D eigenvalue weighted by Crippen LogP contribution is 2.20. The Morgan fingerprint density at radius 3 is 1.26 bits per heavy atom. The second kappa shape index (κ2) is 55.0. The Morgan fingerprint density at radius 2 is 0.811 bits per heavy atom. The van der Waals surface area contributed by atoms with E-state index >= 15 is 0 Å². The number of esters is 3. The Bertz CT molecular complexity index is 1340. The van der Waals surface area contributed by atoms with Gasteiger partial charge in [-0.2, -0.15) is 0 Å². The van der Waals surface area contributed by atoms with E-state index in [-0.39, 0.29) is 50.5 Å². The number of ether oxygens (including phenoxy) is 3. The molecular formula is C64H121N3O7. The lowest BCUT2D eigenvalue weighted by Crippen LogP contribution is -2.43. The number of hydrogen-bond acceptors (Lipinski definition) is 9. The molecule has 10 nitrogen and oxygen atoms in total. The second-order valence-electron chi connectivity index (χ2n) is 22.1. The molecule has 0 bridgehead atoms. The molecule has 0 fully saturated rings. The third-order valence-electron chi connectivity index (χ3n) is 14.4. The predicted octanol–water partition coefficient (Wildman–Crippen LogP) is 16.9. The average Bonchev–Trinajstić information content (AvgIpc) is 3.38. The maximum atomic E-state index is 14.2. The molecule has 1 N–H and O–H groups in total. The van der Waals surface area contributed by atoms with Crippen LogP contribution in [0.4, 0.5) is 0 Å². The zero-order chi connectivity index (χ0) is 54.4. The van der Waals surface area contributed by atoms with Gasteiger partial charge in [0.1, 0.15) is 24.9 Å². The van der Waals surface area contributed by atoms with Crippen molar-refractivity contribution in [2.75, 3.05) is 47.4 Å². The van der Waals surface area contributed by atoms with E-state index in [0.29, 0.717) is 13.0 Å². The van der Waals surface area contributed by atoms with Gasteiger partial charge in [-0.3, -0.25) is 14.4 Å². The summed E-state index contributed by atoms with van der Waals surface area (Å²) in [6.45, 7) is 11.6. The van der Waals surface area contributed by atoms with Crippen LogP contribution in [-0.4, -0.2) is 99.2 Å². The van der Waals surface area contributed by atoms with Crippen LogP contribution in [0.25, 0.3) is 0 Å². The molecule has 0 saturated heterocycles. The fourth-order valence-corrected chi connectivity index (χ4v) is 9.36. The van der Waals surface area contributed by atoms with Crippen molar-refractivity contribution >= 4 is 23.8 Å². The molecule has 10 heteroatoms. The summed E-state index contributed by atoms with van der Waals surface area (Å²) in [5.41, 5.74) is 0. The first-order chi connectivity index (χ1) is 36.1. The zero-order valence-electron chi connectivity index (χ0n) is 49.8. The molecule has 0 saturated carbocycles. The number of amides is 1. The first-order valence-corrected chi connectivity index (χ1v) is 31.5. The van der Waals surface area contributed by atoms with Gasteiger partial charge in [0.2, 0.25) is 5.91 Å². The predicted molar refractivity (Wildman–Crippen MR) is 314 cm³/mol. The lowest BCUT2D eigenvalue weighted by molar-refractivity contribution is -0.155. The van der Waals surface area contributed by atoms with Crippen LogP contribution in [0, 0.1) is 0 Å². The summed E-state index contributed by atoms with van der Waals surface area (Å²) < 4.78 is 17.9. The summed E-state index contributed by atoms with van der Waals surface area (Å²) in [5, 5.41) is 2.87. The minimum atomic E-state index is -1.04. The number of rotatable bonds is 56. The maximum absolute atomic E-state index is 14.2. The fourth-order valence-electron chi connectivity index (χ4n) is 9.36. The molecule has 74 heavy (non-hydrogen) atoms. The summed E-state index contributed by atoms with van der Waals surface area (Å²) in [6.07, 6.45) is 52.8. The van der Waals surface area contributed by atoms with Crippen LogP contribution in [-0.2, 0) is 33.4 Å². The summed E-state index contributed by atoms with van der Waals surface area (Å²) in [5.74, 6) is -1.77. The molecule has 0 rings (SSSR count). The molecule has 0 heterocycles. The van der Waals surface area contributed by atoms with Crippen molar-refractivity contribution in [3.05, 3.63) is 24.3 Å². The maximum Gasteiger partial charge on any atom is 0.328 e. The Balaban J connectivity index is 5.80. The Labute approximate surface area is 457 Å². The van der Waals surface area contributed by atoms with Crippen LogP contribution >= 0.6 is 0 Å². The molecule has 3 atom stereocenters. The minimum absolute atomic E-state index is 0.0187. The van der Waals surface area contributed by atoms with E-state index in [4.69, 9.17) is 14.2 Å². The number of nitrogens with zero attached hydrogens (tertiary/aromatic N) is 2. The van der Waals surface area contributed by atoms with E-state index < -0.39 is 23.9 Å². The third kappa shape index (κ3) is 50.1. The fraction of sp³-hybridized carbons (Fsp3) is 0.875. The molecule has 0 aliphatic heterocycles. The van der Waals surface area contributed by atoms with Gasteiger partial charge < -0.3 is 29.3 Å². The second-order valence-corrected chi connectivity index (χ2v) is 22.1. The lowest BCUT2D eigenvalue weighted by atomic mass is 10.0. The number of carbonyl (C=O) groups excluding carboxylic acids is 4. The van der Waals surface area contributed by atoms with Gasteiger partial charge in [-0.1, -0.05) is 219 Å². The quantitative estimate of drug-likeness (QED) is 0.0275. The standard InChI is InChI=1S/C64H121N3O7/c1-8-12-16-20-24-26-28-30-32-36-40-43-47-58(46-42-38-34-22-18-14-10-3)73-63(70)52-50-60(65-61(68)51-53-62(69)72-57-56-67(7)55-54-66(5)6)64(71)74-59(48-44-39-35-23-19-15-11-4)49-45-41-37-33-31-29-27-25-21-17-13-9-2/h34-35,38-39,58-60H,8-33,36-37,40-57H2,1-7H3,(H,65,68)/b38-34-,39-35-. The SMILES string of the molecule is CCCCC/C=C\CCC(CCCCCCCCCCCCCC)OC(=O)CCC(NC(=O)CCC(=O)OCCN(C)CCN(C)C)C(=O)OC(CC/C=C\CCCCC)CCCCCCCCCCCCCC. The highest BCUT2D eigenvalue weighted by molar-refractivity contribution is 5.86. The molecule has 0 aromatic heterocycles. The average molecular weight is 1040 g/mol. The van der Waals surface area contributed by atoms with Gasteiger partial charge in [-0.15, -0.1) is 0 Å². The van der Waals surface area contributed by atoms with Crippen LogP contribution in [0.3, 0.4) is 0 Å². The van der Waals surface area contributed by atoms with Crippen molar-refractivity contribution < 1.29 is 33.4 Å². The van der Waals surface area contributed by atoms with E-state index in [1.54, 1.807) is 0 Å². The van der Waals surface area contributed by atoms with Crippen LogP contribution in [0.15, 0.2) is 24.3 Å². The van der Waals surface area contributed by atoms with Gasteiger partial charge in [0, 0.05) is 32.5 Å². The molecule has 434 valence electrons. The molecule has 0 aromatic carbocycles. The molecule has 0 aromatic rings. The highest BCUT2D eigenvalue weighted by Gasteiger charge is 2.27. The monoisotopic (exact) mass is 1040 g/mol. The highest BCUT2D eigenvalue weighted by atomic mass is 16.6. The molecule has 0 aliphatic carbocycles. The van der Waals surface area contributed by atoms with Crippen LogP contribution in [0.5, 0.6) is 0 Å². The van der Waals surface area contributed by atoms with Gasteiger partial charge in [0.15, 0.2) is 0 Å². The minimum Gasteiger partial charge on any atom is -0.464 e. The molecule has 1 amide bonds. The van der Waals surface area contributed by atoms with Crippen molar-refractivity contribution in [3.8, 4) is 0 Å². The van der Waals surface area contributed by atoms with Gasteiger partial charge in [0.25, 0.3) is 0 Å². The van der Waals surface area contributed by atoms with Crippen molar-refractivity contribution in [3.63, 3.8) is 0 Å². The Kier molecular flexibility index (Phi) is 53.0. The first kappa shape index (κ1) is 71.3. The topological polar surface area (TPSA) is 114 Å². The van der Waals surface area contributed by atoms with Gasteiger partial charge in [-0.25, -0.2) is 4.79 Å². The number of unbranched alkanes of at least 4 members (excludes halogenated alkanes) is 28. The summed E-state index contributed by atoms with van der Waals surface area (Å²) >= 11 is 0. The van der Waals surface area contributed by atoms with Crippen LogP contribution in [0.2, 0.25) is 0 Å². The van der Waals surface area contributed by atoms with E-state index in [1.165, 1.54) is 167 Å². The number of nitrogens with one attached hydrogen (secondary N) is 1. The Hall–Kier alpha value is -2.72. The molecule has 0 spiro atoms. The lowest BCUT2D eigenvalue weighted by Gasteiger charge is -2.23. The number of allylic oxidation sites excluding steroid dienone is 4. The number of likely N-dealkylation sites (N-methyl/N-ethyl adjacent to an activating group) is 2. The largest absolute Gasteiger partial charge is 0.464 e. The first-order valence-electron chi connectivity index (χ1n) is 31.5. The van der Waals surface area contributed by atoms with Crippen molar-refractivity contribution in [1.82, 2.24) is 15.1 Å². The smallest absolute Gasteiger partial charge is 0.328 e. The third-order valence-corrected chi connectivity index (χ3v) is 14.4. The zero-order valence-corrected chi connectivity index (χ0v) is 49.8. The number of carbonyl (C=O) groups is 4. The van der Waals surface area contributed by atoms with Crippen molar-refractivity contribution in [1.29, 1.82) is 0 Å². The molecular weight excluding hydrogens is 923 g/mol. The molecule has 0 radical (unpaired) electrons. The van der Waals surface area contributed by atoms with Gasteiger partial charge in [-0.05, 0) is 105 Å². The molecule has 3 unspecified atom stereocenters. The van der Waals surface area contributed by atoms with Crippen molar-refractivity contribution in [2.45, 2.75) is 316 Å². The van der Waals surface area contributed by atoms with Crippen molar-refractivity contribution in [2.24, 2.45) is 0 Å². The normalized spacial score (nSPS) is 13.0. The van der Waals surface area contributed by atoms with Gasteiger partial charge in [0.05, 0.1) is 6.42 Å².